The molecule has 0 saturated heterocycles. The van der Waals surface area contributed by atoms with Crippen LogP contribution in [0.5, 0.6) is 0 Å². The Morgan fingerprint density at radius 1 is 1.14 bits per heavy atom. The highest BCUT2D eigenvalue weighted by Crippen LogP contribution is 2.38. The first-order chi connectivity index (χ1) is 9.78. The number of carbonyl (C=O) groups is 1. The maximum Gasteiger partial charge on any atom is 0.183 e. The summed E-state index contributed by atoms with van der Waals surface area (Å²) in [5.74, 6) is 0.941. The average molecular weight is 287 g/mol. The maximum absolute atomic E-state index is 13.4. The topological polar surface area (TPSA) is 20.3 Å². The SMILES string of the molecule is Cc1cc(C)c(C(=O)C2(N(C)C)CCCC(C)C2)cc1C. The molecule has 2 heteroatoms. The Labute approximate surface area is 129 Å². The average Bonchev–Trinajstić information content (AvgIpc) is 2.41. The minimum Gasteiger partial charge on any atom is -0.297 e. The quantitative estimate of drug-likeness (QED) is 0.772. The van der Waals surface area contributed by atoms with Crippen molar-refractivity contribution in [2.24, 2.45) is 5.92 Å². The first kappa shape index (κ1) is 16.2. The van der Waals surface area contributed by atoms with Gasteiger partial charge in [-0.05, 0) is 76.4 Å². The van der Waals surface area contributed by atoms with Crippen LogP contribution in [-0.4, -0.2) is 30.3 Å². The summed E-state index contributed by atoms with van der Waals surface area (Å²) in [4.78, 5) is 15.5. The number of carbonyl (C=O) groups excluding carboxylic acids is 1. The Morgan fingerprint density at radius 3 is 2.33 bits per heavy atom. The van der Waals surface area contributed by atoms with Gasteiger partial charge in [0.15, 0.2) is 5.78 Å². The minimum absolute atomic E-state index is 0.315. The van der Waals surface area contributed by atoms with Gasteiger partial charge in [0.1, 0.15) is 0 Å². The van der Waals surface area contributed by atoms with Crippen LogP contribution in [0, 0.1) is 26.7 Å². The molecule has 0 aliphatic heterocycles. The van der Waals surface area contributed by atoms with Crippen LogP contribution in [0.25, 0.3) is 0 Å². The van der Waals surface area contributed by atoms with Crippen LogP contribution in [0.3, 0.4) is 0 Å². The second kappa shape index (κ2) is 5.92. The van der Waals surface area contributed by atoms with Crippen molar-refractivity contribution in [1.82, 2.24) is 4.90 Å². The molecular formula is C19H29NO. The second-order valence-electron chi connectivity index (χ2n) is 7.21. The molecular weight excluding hydrogens is 258 g/mol. The van der Waals surface area contributed by atoms with Gasteiger partial charge in [0.25, 0.3) is 0 Å². The van der Waals surface area contributed by atoms with Crippen molar-refractivity contribution in [3.05, 3.63) is 34.4 Å². The van der Waals surface area contributed by atoms with Crippen molar-refractivity contribution in [2.75, 3.05) is 14.1 Å². The number of nitrogens with zero attached hydrogens (tertiary/aromatic N) is 1. The van der Waals surface area contributed by atoms with Gasteiger partial charge in [0.2, 0.25) is 0 Å². The van der Waals surface area contributed by atoms with Crippen LogP contribution < -0.4 is 0 Å². The summed E-state index contributed by atoms with van der Waals surface area (Å²) in [6.45, 7) is 8.55. The third-order valence-corrected chi connectivity index (χ3v) is 5.34. The predicted molar refractivity (Wildman–Crippen MR) is 89.0 cm³/mol. The first-order valence-electron chi connectivity index (χ1n) is 8.08. The van der Waals surface area contributed by atoms with Gasteiger partial charge in [0, 0.05) is 5.56 Å². The highest BCUT2D eigenvalue weighted by molar-refractivity contribution is 6.04. The standard InChI is InChI=1S/C19H29NO/c1-13-8-7-9-19(12-13,20(5)6)18(21)17-11-15(3)14(2)10-16(17)4/h10-11,13H,7-9,12H2,1-6H3. The molecule has 21 heavy (non-hydrogen) atoms. The van der Waals surface area contributed by atoms with Gasteiger partial charge in [-0.3, -0.25) is 9.69 Å². The molecule has 0 spiro atoms. The molecule has 0 N–H and O–H groups in total. The largest absolute Gasteiger partial charge is 0.297 e. The highest BCUT2D eigenvalue weighted by Gasteiger charge is 2.44. The van der Waals surface area contributed by atoms with Gasteiger partial charge in [-0.2, -0.15) is 0 Å². The van der Waals surface area contributed by atoms with E-state index in [-0.39, 0.29) is 5.54 Å². The number of benzene rings is 1. The number of Topliss-reactive ketones (excluding diaryl/α,β-unsaturated/α-hetero) is 1. The van der Waals surface area contributed by atoms with Crippen molar-refractivity contribution in [3.8, 4) is 0 Å². The fourth-order valence-corrected chi connectivity index (χ4v) is 3.79. The molecule has 2 atom stereocenters. The number of hydrogen-bond acceptors (Lipinski definition) is 2. The van der Waals surface area contributed by atoms with Crippen molar-refractivity contribution in [2.45, 2.75) is 58.9 Å². The molecule has 116 valence electrons. The van der Waals surface area contributed by atoms with Crippen LogP contribution in [0.15, 0.2) is 12.1 Å². The van der Waals surface area contributed by atoms with E-state index in [1.165, 1.54) is 17.5 Å². The van der Waals surface area contributed by atoms with Crippen molar-refractivity contribution >= 4 is 5.78 Å². The molecule has 1 fully saturated rings. The second-order valence-corrected chi connectivity index (χ2v) is 7.21. The lowest BCUT2D eigenvalue weighted by Gasteiger charge is -2.44. The van der Waals surface area contributed by atoms with Crippen LogP contribution in [0.1, 0.15) is 59.7 Å². The summed E-state index contributed by atoms with van der Waals surface area (Å²) >= 11 is 0. The molecule has 2 nitrogen and oxygen atoms in total. The third kappa shape index (κ3) is 2.91. The van der Waals surface area contributed by atoms with Gasteiger partial charge in [-0.15, -0.1) is 0 Å². The number of rotatable bonds is 3. The number of hydrogen-bond donors (Lipinski definition) is 0. The monoisotopic (exact) mass is 287 g/mol. The molecule has 1 aliphatic rings. The minimum atomic E-state index is -0.315. The zero-order valence-corrected chi connectivity index (χ0v) is 14.4. The van der Waals surface area contributed by atoms with Crippen LogP contribution in [-0.2, 0) is 0 Å². The molecule has 0 bridgehead atoms. The fraction of sp³-hybridized carbons (Fsp3) is 0.632. The molecule has 0 radical (unpaired) electrons. The summed E-state index contributed by atoms with van der Waals surface area (Å²) in [7, 11) is 4.12. The summed E-state index contributed by atoms with van der Waals surface area (Å²) in [6.07, 6.45) is 4.35. The molecule has 1 aliphatic carbocycles. The van der Waals surface area contributed by atoms with E-state index in [2.05, 4.69) is 58.8 Å². The molecule has 0 aromatic heterocycles. The third-order valence-electron chi connectivity index (χ3n) is 5.34. The van der Waals surface area contributed by atoms with Crippen molar-refractivity contribution in [1.29, 1.82) is 0 Å². The van der Waals surface area contributed by atoms with E-state index in [1.807, 2.05) is 0 Å². The van der Waals surface area contributed by atoms with Gasteiger partial charge in [-0.25, -0.2) is 0 Å². The van der Waals surface area contributed by atoms with Crippen molar-refractivity contribution in [3.63, 3.8) is 0 Å². The van der Waals surface area contributed by atoms with Gasteiger partial charge in [0.05, 0.1) is 5.54 Å². The molecule has 1 saturated carbocycles. The zero-order valence-electron chi connectivity index (χ0n) is 14.4. The smallest absolute Gasteiger partial charge is 0.183 e. The summed E-state index contributed by atoms with van der Waals surface area (Å²) in [5.41, 5.74) is 4.19. The van der Waals surface area contributed by atoms with Gasteiger partial charge >= 0.3 is 0 Å². The summed E-state index contributed by atoms with van der Waals surface area (Å²) < 4.78 is 0. The predicted octanol–water partition coefficient (Wildman–Crippen LogP) is 4.31. The normalized spacial score (nSPS) is 26.1. The molecule has 1 aromatic rings. The van der Waals surface area contributed by atoms with E-state index in [0.29, 0.717) is 11.7 Å². The first-order valence-corrected chi connectivity index (χ1v) is 8.08. The van der Waals surface area contributed by atoms with E-state index < -0.39 is 0 Å². The van der Waals surface area contributed by atoms with Crippen LogP contribution >= 0.6 is 0 Å². The van der Waals surface area contributed by atoms with Crippen molar-refractivity contribution < 1.29 is 4.79 Å². The molecule has 1 aromatic carbocycles. The number of aryl methyl sites for hydroxylation is 3. The Morgan fingerprint density at radius 2 is 1.76 bits per heavy atom. The Bertz CT molecular complexity index is 547. The van der Waals surface area contributed by atoms with Gasteiger partial charge < -0.3 is 0 Å². The van der Waals surface area contributed by atoms with E-state index in [4.69, 9.17) is 0 Å². The summed E-state index contributed by atoms with van der Waals surface area (Å²) in [5, 5.41) is 0. The molecule has 0 amide bonds. The van der Waals surface area contributed by atoms with E-state index in [9.17, 15) is 4.79 Å². The summed E-state index contributed by atoms with van der Waals surface area (Å²) in [6, 6.07) is 4.25. The van der Waals surface area contributed by atoms with Crippen LogP contribution in [0.4, 0.5) is 0 Å². The van der Waals surface area contributed by atoms with Gasteiger partial charge in [-0.1, -0.05) is 25.8 Å². The Kier molecular flexibility index (Phi) is 4.57. The lowest BCUT2D eigenvalue weighted by molar-refractivity contribution is 0.0485. The number of likely N-dealkylation sites (N-methyl/N-ethyl adjacent to an activating group) is 1. The molecule has 2 unspecified atom stereocenters. The molecule has 2 rings (SSSR count). The Hall–Kier alpha value is -1.15. The molecule has 0 heterocycles. The Balaban J connectivity index is 2.47. The fourth-order valence-electron chi connectivity index (χ4n) is 3.79. The van der Waals surface area contributed by atoms with E-state index in [0.717, 1.165) is 30.4 Å². The van der Waals surface area contributed by atoms with E-state index >= 15 is 0 Å². The highest BCUT2D eigenvalue weighted by atomic mass is 16.1. The van der Waals surface area contributed by atoms with Crippen LogP contribution in [0.2, 0.25) is 0 Å². The lowest BCUT2D eigenvalue weighted by Crippen LogP contribution is -2.54. The van der Waals surface area contributed by atoms with E-state index in [1.54, 1.807) is 0 Å². The maximum atomic E-state index is 13.4. The zero-order chi connectivity index (χ0) is 15.8. The number of ketones is 1. The lowest BCUT2D eigenvalue weighted by atomic mass is 9.71.